The fourth-order valence-electron chi connectivity index (χ4n) is 7.67. The topological polar surface area (TPSA) is 6.48 Å². The minimum Gasteiger partial charge on any atom is -0.311 e. The summed E-state index contributed by atoms with van der Waals surface area (Å²) in [7, 11) is 0.976. The second-order valence-corrected chi connectivity index (χ2v) is 14.5. The summed E-state index contributed by atoms with van der Waals surface area (Å²) in [6.07, 6.45) is 0. The molecule has 0 unspecified atom stereocenters. The summed E-state index contributed by atoms with van der Waals surface area (Å²) in [6, 6.07) is 46.5. The molecule has 271 valence electrons. The summed E-state index contributed by atoms with van der Waals surface area (Å²) in [5.41, 5.74) is 11.1. The normalized spacial score (nSPS) is 12.6. The van der Waals surface area contributed by atoms with Crippen LogP contribution in [0.2, 0.25) is 0 Å². The van der Waals surface area contributed by atoms with Gasteiger partial charge in [0.05, 0.1) is 0 Å². The second kappa shape index (κ2) is 13.9. The molecule has 2 nitrogen and oxygen atoms in total. The van der Waals surface area contributed by atoms with Crippen LogP contribution in [0.4, 0.5) is 56.1 Å². The van der Waals surface area contributed by atoms with E-state index in [1.807, 2.05) is 66.4 Å². The Bertz CT molecular complexity index is 2580. The Hall–Kier alpha value is -6.15. The molecule has 1 radical (unpaired) electrons. The second-order valence-electron chi connectivity index (χ2n) is 14.5. The number of para-hydroxylation sites is 1. The molecular weight excluding hydrogens is 698 g/mol. The average molecular weight is 734 g/mol. The highest BCUT2D eigenvalue weighted by Crippen LogP contribution is 2.52. The quantitative estimate of drug-likeness (QED) is 0.0664. The highest BCUT2D eigenvalue weighted by atomic mass is 19.2. The number of rotatable bonds is 8. The third-order valence-electron chi connectivity index (χ3n) is 10.4. The van der Waals surface area contributed by atoms with E-state index in [1.54, 1.807) is 18.2 Å². The zero-order valence-corrected chi connectivity index (χ0v) is 30.6. The molecule has 0 heterocycles. The van der Waals surface area contributed by atoms with Crippen LogP contribution < -0.4 is 20.7 Å². The third-order valence-corrected chi connectivity index (χ3v) is 10.4. The first-order valence-electron chi connectivity index (χ1n) is 18.0. The lowest BCUT2D eigenvalue weighted by atomic mass is 9.63. The van der Waals surface area contributed by atoms with Gasteiger partial charge in [0.25, 0.3) is 0 Å². The van der Waals surface area contributed by atoms with Crippen LogP contribution in [0.3, 0.4) is 0 Å². The van der Waals surface area contributed by atoms with Crippen LogP contribution in [0.15, 0.2) is 140 Å². The summed E-state index contributed by atoms with van der Waals surface area (Å²) >= 11 is 0. The maximum atomic E-state index is 14.7. The maximum absolute atomic E-state index is 14.7. The van der Waals surface area contributed by atoms with Gasteiger partial charge in [-0.3, -0.25) is 0 Å². The predicted octanol–water partition coefficient (Wildman–Crippen LogP) is 11.9. The number of benzene rings is 7. The first-order valence-corrected chi connectivity index (χ1v) is 18.0. The Labute approximate surface area is 318 Å². The Morgan fingerprint density at radius 1 is 0.418 bits per heavy atom. The van der Waals surface area contributed by atoms with Gasteiger partial charge in [0, 0.05) is 39.5 Å². The number of nitrogens with zero attached hydrogens (tertiary/aromatic N) is 2. The molecule has 0 atom stereocenters. The van der Waals surface area contributed by atoms with Gasteiger partial charge in [0.1, 0.15) is 0 Å². The Kier molecular flexibility index (Phi) is 9.08. The van der Waals surface area contributed by atoms with Crippen LogP contribution in [0.1, 0.15) is 36.1 Å². The molecule has 7 aromatic rings. The van der Waals surface area contributed by atoms with Crippen molar-refractivity contribution >= 4 is 52.3 Å². The highest BCUT2D eigenvalue weighted by Gasteiger charge is 2.37. The summed E-state index contributed by atoms with van der Waals surface area (Å²) in [5, 5.41) is 0. The molecular formula is C47H35BF5N2. The molecule has 55 heavy (non-hydrogen) atoms. The lowest BCUT2D eigenvalue weighted by Crippen LogP contribution is -2.35. The van der Waals surface area contributed by atoms with E-state index >= 15 is 0 Å². The van der Waals surface area contributed by atoms with Crippen LogP contribution >= 0.6 is 0 Å². The van der Waals surface area contributed by atoms with Crippen molar-refractivity contribution in [2.24, 2.45) is 0 Å². The molecule has 0 saturated heterocycles. The summed E-state index contributed by atoms with van der Waals surface area (Å²) < 4.78 is 71.5. The molecule has 0 bridgehead atoms. The van der Waals surface area contributed by atoms with Gasteiger partial charge in [-0.15, -0.1) is 0 Å². The van der Waals surface area contributed by atoms with Crippen molar-refractivity contribution in [2.75, 3.05) is 9.80 Å². The molecule has 8 heteroatoms. The zero-order valence-electron chi connectivity index (χ0n) is 30.6. The van der Waals surface area contributed by atoms with E-state index in [-0.39, 0.29) is 5.46 Å². The number of fused-ring (bicyclic) bond motifs is 3. The number of anilines is 6. The lowest BCUT2D eigenvalue weighted by molar-refractivity contribution is 0.384. The molecule has 0 aromatic heterocycles. The minimum absolute atomic E-state index is 0.261. The van der Waals surface area contributed by atoms with Crippen LogP contribution in [0.25, 0.3) is 11.1 Å². The van der Waals surface area contributed by atoms with Crippen molar-refractivity contribution in [2.45, 2.75) is 33.1 Å². The van der Waals surface area contributed by atoms with Gasteiger partial charge < -0.3 is 9.80 Å². The molecule has 7 aromatic carbocycles. The Morgan fingerprint density at radius 2 is 0.836 bits per heavy atom. The Morgan fingerprint density at radius 3 is 1.35 bits per heavy atom. The van der Waals surface area contributed by atoms with Crippen molar-refractivity contribution in [1.29, 1.82) is 0 Å². The van der Waals surface area contributed by atoms with Gasteiger partial charge in [-0.05, 0) is 125 Å². The van der Waals surface area contributed by atoms with Crippen LogP contribution in [0, 0.1) is 42.9 Å². The summed E-state index contributed by atoms with van der Waals surface area (Å²) in [4.78, 5) is 4.30. The van der Waals surface area contributed by atoms with E-state index < -0.39 is 40.0 Å². The standard InChI is InChI=1S/C47H35BF5N2/c1-28-11-8-16-32(23-28)54(31-14-6-5-7-15-31)35-19-21-37-38-22-20-36(27-40(38)47(3,4)39(37)26-35)55(33-17-9-12-29(2)24-33)34-18-10-13-30(25-34)48-41-42(49)44(51)46(53)45(52)43(41)50/h5-27H,1-4H3. The van der Waals surface area contributed by atoms with Gasteiger partial charge >= 0.3 is 0 Å². The van der Waals surface area contributed by atoms with Crippen molar-refractivity contribution in [1.82, 2.24) is 0 Å². The molecule has 0 fully saturated rings. The molecule has 0 saturated carbocycles. The molecule has 0 spiro atoms. The third kappa shape index (κ3) is 6.35. The molecule has 8 rings (SSSR count). The zero-order chi connectivity index (χ0) is 38.6. The molecule has 0 N–H and O–H groups in total. The molecule has 1 aliphatic carbocycles. The van der Waals surface area contributed by atoms with Crippen molar-refractivity contribution < 1.29 is 22.0 Å². The average Bonchev–Trinajstić information content (AvgIpc) is 3.41. The van der Waals surface area contributed by atoms with Crippen LogP contribution in [-0.2, 0) is 5.41 Å². The molecule has 0 amide bonds. The van der Waals surface area contributed by atoms with E-state index in [0.717, 1.165) is 58.0 Å². The smallest absolute Gasteiger partial charge is 0.200 e. The number of hydrogen-bond acceptors (Lipinski definition) is 2. The van der Waals surface area contributed by atoms with E-state index in [9.17, 15) is 22.0 Å². The fourth-order valence-corrected chi connectivity index (χ4v) is 7.67. The first-order chi connectivity index (χ1) is 26.4. The van der Waals surface area contributed by atoms with E-state index in [4.69, 9.17) is 0 Å². The maximum Gasteiger partial charge on any atom is 0.200 e. The lowest BCUT2D eigenvalue weighted by Gasteiger charge is -2.29. The summed E-state index contributed by atoms with van der Waals surface area (Å²) in [6.45, 7) is 8.53. The first kappa shape index (κ1) is 35.9. The minimum atomic E-state index is -2.19. The number of hydrogen-bond donors (Lipinski definition) is 0. The number of aryl methyl sites for hydroxylation is 2. The number of halogens is 5. The molecule has 0 aliphatic heterocycles. The van der Waals surface area contributed by atoms with Crippen LogP contribution in [-0.4, -0.2) is 7.28 Å². The van der Waals surface area contributed by atoms with Crippen molar-refractivity contribution in [3.8, 4) is 11.1 Å². The van der Waals surface area contributed by atoms with Crippen molar-refractivity contribution in [3.05, 3.63) is 191 Å². The fraction of sp³-hybridized carbons (Fsp3) is 0.106. The van der Waals surface area contributed by atoms with E-state index in [2.05, 4.69) is 92.4 Å². The van der Waals surface area contributed by atoms with E-state index in [0.29, 0.717) is 5.69 Å². The van der Waals surface area contributed by atoms with E-state index in [1.165, 1.54) is 11.1 Å². The van der Waals surface area contributed by atoms with Gasteiger partial charge in [0.15, 0.2) is 36.4 Å². The monoisotopic (exact) mass is 733 g/mol. The summed E-state index contributed by atoms with van der Waals surface area (Å²) in [5.74, 6) is -9.93. The largest absolute Gasteiger partial charge is 0.311 e. The van der Waals surface area contributed by atoms with Gasteiger partial charge in [-0.1, -0.05) is 86.0 Å². The van der Waals surface area contributed by atoms with Crippen LogP contribution in [0.5, 0.6) is 0 Å². The molecule has 1 aliphatic rings. The predicted molar refractivity (Wildman–Crippen MR) is 214 cm³/mol. The van der Waals surface area contributed by atoms with Gasteiger partial charge in [-0.25, -0.2) is 22.0 Å². The van der Waals surface area contributed by atoms with Gasteiger partial charge in [-0.2, -0.15) is 0 Å². The Balaban J connectivity index is 1.21. The van der Waals surface area contributed by atoms with Gasteiger partial charge in [0.2, 0.25) is 0 Å². The SMILES string of the molecule is Cc1cccc(N(c2ccccc2)c2ccc3c(c2)C(C)(C)c2cc(N(c4cccc(C)c4)c4cccc([B]c5c(F)c(F)c(F)c(F)c5F)c4)ccc2-3)c1. The highest BCUT2D eigenvalue weighted by molar-refractivity contribution is 6.67. The van der Waals surface area contributed by atoms with Crippen molar-refractivity contribution in [3.63, 3.8) is 0 Å².